The third-order valence-electron chi connectivity index (χ3n) is 1.77. The Labute approximate surface area is 80.8 Å². The van der Waals surface area contributed by atoms with Crippen molar-refractivity contribution in [2.45, 2.75) is 26.3 Å². The minimum absolute atomic E-state index is 0.0179. The van der Waals surface area contributed by atoms with E-state index in [1.54, 1.807) is 6.92 Å². The van der Waals surface area contributed by atoms with Crippen LogP contribution in [0.3, 0.4) is 0 Å². The molecule has 0 aliphatic rings. The van der Waals surface area contributed by atoms with Crippen molar-refractivity contribution in [2.75, 3.05) is 18.1 Å². The second-order valence-electron chi connectivity index (χ2n) is 2.93. The SMILES string of the molecule is C#CC(C)NCCCS(=O)(=O)CC. The molecule has 4 heteroatoms. The smallest absolute Gasteiger partial charge is 0.150 e. The average Bonchev–Trinajstić information content (AvgIpc) is 2.12. The van der Waals surface area contributed by atoms with Crippen molar-refractivity contribution in [3.05, 3.63) is 0 Å². The van der Waals surface area contributed by atoms with E-state index in [1.807, 2.05) is 6.92 Å². The van der Waals surface area contributed by atoms with Gasteiger partial charge in [0.2, 0.25) is 0 Å². The first-order valence-corrected chi connectivity index (χ1v) is 6.24. The third kappa shape index (κ3) is 6.62. The van der Waals surface area contributed by atoms with Gasteiger partial charge in [-0.15, -0.1) is 6.42 Å². The summed E-state index contributed by atoms with van der Waals surface area (Å²) in [6, 6.07) is 0.0179. The normalized spacial score (nSPS) is 13.6. The number of hydrogen-bond donors (Lipinski definition) is 1. The van der Waals surface area contributed by atoms with Gasteiger partial charge in [0.15, 0.2) is 0 Å². The molecule has 0 heterocycles. The van der Waals surface area contributed by atoms with Gasteiger partial charge >= 0.3 is 0 Å². The molecule has 0 aliphatic carbocycles. The highest BCUT2D eigenvalue weighted by Gasteiger charge is 2.06. The van der Waals surface area contributed by atoms with Crippen LogP contribution >= 0.6 is 0 Å². The highest BCUT2D eigenvalue weighted by Crippen LogP contribution is 1.92. The van der Waals surface area contributed by atoms with Crippen molar-refractivity contribution in [3.8, 4) is 12.3 Å². The number of hydrogen-bond acceptors (Lipinski definition) is 3. The van der Waals surface area contributed by atoms with E-state index in [9.17, 15) is 8.42 Å². The molecule has 0 radical (unpaired) electrons. The fourth-order valence-corrected chi connectivity index (χ4v) is 1.69. The van der Waals surface area contributed by atoms with E-state index in [2.05, 4.69) is 11.2 Å². The second kappa shape index (κ2) is 6.01. The molecule has 3 nitrogen and oxygen atoms in total. The molecule has 0 fully saturated rings. The zero-order valence-electron chi connectivity index (χ0n) is 8.21. The Bertz CT molecular complexity index is 264. The lowest BCUT2D eigenvalue weighted by Crippen LogP contribution is -2.26. The fraction of sp³-hybridized carbons (Fsp3) is 0.778. The predicted molar refractivity (Wildman–Crippen MR) is 55.2 cm³/mol. The van der Waals surface area contributed by atoms with Crippen molar-refractivity contribution >= 4 is 9.84 Å². The molecule has 0 aromatic carbocycles. The predicted octanol–water partition coefficient (Wildman–Crippen LogP) is 0.422. The van der Waals surface area contributed by atoms with E-state index in [0.29, 0.717) is 13.0 Å². The van der Waals surface area contributed by atoms with Crippen LogP contribution in [0.15, 0.2) is 0 Å². The van der Waals surface area contributed by atoms with Gasteiger partial charge < -0.3 is 5.32 Å². The monoisotopic (exact) mass is 203 g/mol. The first-order chi connectivity index (χ1) is 6.02. The van der Waals surface area contributed by atoms with Crippen LogP contribution in [-0.2, 0) is 9.84 Å². The molecule has 1 N–H and O–H groups in total. The summed E-state index contributed by atoms with van der Waals surface area (Å²) in [7, 11) is -2.82. The Kier molecular flexibility index (Phi) is 5.76. The number of nitrogens with one attached hydrogen (secondary N) is 1. The van der Waals surface area contributed by atoms with Crippen LogP contribution in [0.5, 0.6) is 0 Å². The summed E-state index contributed by atoms with van der Waals surface area (Å²) in [4.78, 5) is 0. The molecular weight excluding hydrogens is 186 g/mol. The average molecular weight is 203 g/mol. The summed E-state index contributed by atoms with van der Waals surface area (Å²) in [6.45, 7) is 4.19. The van der Waals surface area contributed by atoms with Crippen molar-refractivity contribution in [1.29, 1.82) is 0 Å². The Hall–Kier alpha value is -0.530. The summed E-state index contributed by atoms with van der Waals surface area (Å²) in [5, 5.41) is 3.03. The van der Waals surface area contributed by atoms with Crippen LogP contribution in [0.2, 0.25) is 0 Å². The molecule has 76 valence electrons. The molecule has 0 saturated heterocycles. The maximum absolute atomic E-state index is 11.0. The summed E-state index contributed by atoms with van der Waals surface area (Å²) in [5.74, 6) is 2.98. The zero-order valence-corrected chi connectivity index (χ0v) is 9.02. The first kappa shape index (κ1) is 12.5. The van der Waals surface area contributed by atoms with E-state index in [-0.39, 0.29) is 17.5 Å². The van der Waals surface area contributed by atoms with Gasteiger partial charge in [0.05, 0.1) is 11.8 Å². The summed E-state index contributed by atoms with van der Waals surface area (Å²) in [5.41, 5.74) is 0. The van der Waals surface area contributed by atoms with Gasteiger partial charge in [0.1, 0.15) is 9.84 Å². The molecular formula is C9H17NO2S. The standard InChI is InChI=1S/C9H17NO2S/c1-4-9(3)10-7-6-8-13(11,12)5-2/h1,9-10H,5-8H2,2-3H3. The summed E-state index contributed by atoms with van der Waals surface area (Å²) < 4.78 is 22.1. The Morgan fingerprint density at radius 3 is 2.62 bits per heavy atom. The molecule has 0 spiro atoms. The van der Waals surface area contributed by atoms with Gasteiger partial charge in [-0.05, 0) is 19.9 Å². The lowest BCUT2D eigenvalue weighted by atomic mass is 10.3. The topological polar surface area (TPSA) is 46.2 Å². The molecule has 13 heavy (non-hydrogen) atoms. The van der Waals surface area contributed by atoms with Crippen molar-refractivity contribution in [1.82, 2.24) is 5.32 Å². The number of rotatable bonds is 6. The van der Waals surface area contributed by atoms with Crippen molar-refractivity contribution in [3.63, 3.8) is 0 Å². The molecule has 0 aliphatic heterocycles. The molecule has 0 amide bonds. The summed E-state index contributed by atoms with van der Waals surface area (Å²) >= 11 is 0. The minimum atomic E-state index is -2.82. The number of terminal acetylenes is 1. The zero-order chi connectivity index (χ0) is 10.3. The fourth-order valence-electron chi connectivity index (χ4n) is 0.814. The van der Waals surface area contributed by atoms with Gasteiger partial charge in [-0.3, -0.25) is 0 Å². The van der Waals surface area contributed by atoms with Gasteiger partial charge in [-0.25, -0.2) is 8.42 Å². The Morgan fingerprint density at radius 1 is 1.54 bits per heavy atom. The van der Waals surface area contributed by atoms with E-state index in [0.717, 1.165) is 0 Å². The van der Waals surface area contributed by atoms with Crippen molar-refractivity contribution < 1.29 is 8.42 Å². The van der Waals surface area contributed by atoms with Gasteiger partial charge in [0, 0.05) is 5.75 Å². The second-order valence-corrected chi connectivity index (χ2v) is 5.41. The van der Waals surface area contributed by atoms with Crippen LogP contribution in [-0.4, -0.2) is 32.5 Å². The third-order valence-corrected chi connectivity index (χ3v) is 3.56. The van der Waals surface area contributed by atoms with E-state index >= 15 is 0 Å². The van der Waals surface area contributed by atoms with E-state index in [4.69, 9.17) is 6.42 Å². The molecule has 0 aromatic heterocycles. The highest BCUT2D eigenvalue weighted by atomic mass is 32.2. The quantitative estimate of drug-likeness (QED) is 0.503. The Morgan fingerprint density at radius 2 is 2.15 bits per heavy atom. The van der Waals surface area contributed by atoms with Gasteiger partial charge in [-0.2, -0.15) is 0 Å². The molecule has 1 atom stereocenters. The van der Waals surface area contributed by atoms with Crippen LogP contribution in [0, 0.1) is 12.3 Å². The molecule has 0 bridgehead atoms. The van der Waals surface area contributed by atoms with Crippen molar-refractivity contribution in [2.24, 2.45) is 0 Å². The molecule has 1 unspecified atom stereocenters. The first-order valence-electron chi connectivity index (χ1n) is 4.41. The Balaban J connectivity index is 3.54. The van der Waals surface area contributed by atoms with E-state index < -0.39 is 9.84 Å². The lowest BCUT2D eigenvalue weighted by Gasteiger charge is -2.06. The largest absolute Gasteiger partial charge is 0.304 e. The summed E-state index contributed by atoms with van der Waals surface area (Å²) in [6.07, 6.45) is 5.76. The van der Waals surface area contributed by atoms with Gasteiger partial charge in [-0.1, -0.05) is 12.8 Å². The van der Waals surface area contributed by atoms with Crippen LogP contribution in [0.1, 0.15) is 20.3 Å². The number of sulfone groups is 1. The molecule has 0 saturated carbocycles. The maximum Gasteiger partial charge on any atom is 0.150 e. The minimum Gasteiger partial charge on any atom is -0.304 e. The van der Waals surface area contributed by atoms with Gasteiger partial charge in [0.25, 0.3) is 0 Å². The lowest BCUT2D eigenvalue weighted by molar-refractivity contribution is 0.586. The molecule has 0 rings (SSSR count). The maximum atomic E-state index is 11.0. The highest BCUT2D eigenvalue weighted by molar-refractivity contribution is 7.91. The van der Waals surface area contributed by atoms with Crippen LogP contribution in [0.25, 0.3) is 0 Å². The van der Waals surface area contributed by atoms with Crippen LogP contribution < -0.4 is 5.32 Å². The van der Waals surface area contributed by atoms with Crippen LogP contribution in [0.4, 0.5) is 0 Å². The van der Waals surface area contributed by atoms with E-state index in [1.165, 1.54) is 0 Å². The molecule has 0 aromatic rings.